The fourth-order valence-electron chi connectivity index (χ4n) is 4.03. The molecule has 4 rings (SSSR count). The van der Waals surface area contributed by atoms with Gasteiger partial charge >= 0.3 is 0 Å². The van der Waals surface area contributed by atoms with Gasteiger partial charge in [0.1, 0.15) is 6.04 Å². The standard InChI is InChI=1S/C24H30N4O2S/c1-16(2)23(29)27-21(13-18-14-26-20-6-4-3-5-19(18)20)24(30)25-9-11-28-10-7-22-17(15-28)8-12-31-22/h3-6,8,12,14,16,21,26H,7,9-11,13,15H2,1-2H3,(H,25,30)(H,27,29). The fourth-order valence-corrected chi connectivity index (χ4v) is 4.92. The molecule has 0 saturated heterocycles. The summed E-state index contributed by atoms with van der Waals surface area (Å²) in [7, 11) is 0. The Morgan fingerprint density at radius 1 is 1.19 bits per heavy atom. The van der Waals surface area contributed by atoms with Gasteiger partial charge in [0.25, 0.3) is 0 Å². The summed E-state index contributed by atoms with van der Waals surface area (Å²) in [5.41, 5.74) is 3.47. The van der Waals surface area contributed by atoms with Gasteiger partial charge in [-0.15, -0.1) is 11.3 Å². The first-order valence-corrected chi connectivity index (χ1v) is 11.8. The molecule has 3 aromatic rings. The maximum atomic E-state index is 13.0. The summed E-state index contributed by atoms with van der Waals surface area (Å²) in [5.74, 6) is -0.417. The second-order valence-corrected chi connectivity index (χ2v) is 9.47. The van der Waals surface area contributed by atoms with Crippen LogP contribution in [0, 0.1) is 5.92 Å². The number of H-pyrrole nitrogens is 1. The van der Waals surface area contributed by atoms with Crippen LogP contribution in [0.25, 0.3) is 10.9 Å². The van der Waals surface area contributed by atoms with Crippen LogP contribution in [0.5, 0.6) is 0 Å². The number of aromatic nitrogens is 1. The maximum Gasteiger partial charge on any atom is 0.242 e. The molecule has 0 bridgehead atoms. The maximum absolute atomic E-state index is 13.0. The first kappa shape index (κ1) is 21.6. The fraction of sp³-hybridized carbons (Fsp3) is 0.417. The molecule has 7 heteroatoms. The highest BCUT2D eigenvalue weighted by Crippen LogP contribution is 2.23. The molecule has 1 atom stereocenters. The lowest BCUT2D eigenvalue weighted by molar-refractivity contribution is -0.130. The summed E-state index contributed by atoms with van der Waals surface area (Å²) < 4.78 is 0. The number of aromatic amines is 1. The number of amides is 2. The lowest BCUT2D eigenvalue weighted by Crippen LogP contribution is -2.50. The van der Waals surface area contributed by atoms with Gasteiger partial charge in [-0.1, -0.05) is 32.0 Å². The summed E-state index contributed by atoms with van der Waals surface area (Å²) in [6.07, 6.45) is 3.46. The number of benzene rings is 1. The van der Waals surface area contributed by atoms with E-state index in [1.807, 2.05) is 55.6 Å². The van der Waals surface area contributed by atoms with E-state index in [1.54, 1.807) is 0 Å². The molecule has 1 unspecified atom stereocenters. The first-order valence-electron chi connectivity index (χ1n) is 10.9. The van der Waals surface area contributed by atoms with E-state index in [2.05, 4.69) is 32.0 Å². The number of nitrogens with zero attached hydrogens (tertiary/aromatic N) is 1. The Hall–Kier alpha value is -2.64. The van der Waals surface area contributed by atoms with Crippen molar-refractivity contribution < 1.29 is 9.59 Å². The van der Waals surface area contributed by atoms with Crippen LogP contribution in [-0.4, -0.2) is 47.4 Å². The minimum absolute atomic E-state index is 0.110. The van der Waals surface area contributed by atoms with Crippen molar-refractivity contribution in [3.05, 3.63) is 57.9 Å². The van der Waals surface area contributed by atoms with Crippen LogP contribution in [-0.2, 0) is 29.0 Å². The van der Waals surface area contributed by atoms with E-state index in [1.165, 1.54) is 10.4 Å². The predicted molar refractivity (Wildman–Crippen MR) is 125 cm³/mol. The Labute approximate surface area is 187 Å². The second kappa shape index (κ2) is 9.66. The molecule has 6 nitrogen and oxygen atoms in total. The SMILES string of the molecule is CC(C)C(=O)NC(Cc1c[nH]c2ccccc12)C(=O)NCCN1CCc2sccc2C1. The molecule has 0 radical (unpaired) electrons. The number of para-hydroxylation sites is 1. The van der Waals surface area contributed by atoms with Gasteiger partial charge in [-0.2, -0.15) is 0 Å². The van der Waals surface area contributed by atoms with Crippen LogP contribution in [0.4, 0.5) is 0 Å². The highest BCUT2D eigenvalue weighted by molar-refractivity contribution is 7.10. The van der Waals surface area contributed by atoms with Crippen molar-refractivity contribution in [2.45, 2.75) is 39.3 Å². The zero-order valence-electron chi connectivity index (χ0n) is 18.1. The highest BCUT2D eigenvalue weighted by Gasteiger charge is 2.24. The van der Waals surface area contributed by atoms with E-state index < -0.39 is 6.04 Å². The summed E-state index contributed by atoms with van der Waals surface area (Å²) in [4.78, 5) is 32.5. The summed E-state index contributed by atoms with van der Waals surface area (Å²) in [6, 6.07) is 9.61. The molecular formula is C24H30N4O2S. The van der Waals surface area contributed by atoms with Crippen LogP contribution in [0.2, 0.25) is 0 Å². The molecule has 164 valence electrons. The third-order valence-corrected chi connectivity index (χ3v) is 6.89. The highest BCUT2D eigenvalue weighted by atomic mass is 32.1. The summed E-state index contributed by atoms with van der Waals surface area (Å²) in [5, 5.41) is 9.23. The third-order valence-electron chi connectivity index (χ3n) is 5.87. The average Bonchev–Trinajstić information content (AvgIpc) is 3.39. The molecule has 2 amide bonds. The summed E-state index contributed by atoms with van der Waals surface area (Å²) in [6.45, 7) is 7.01. The minimum Gasteiger partial charge on any atom is -0.361 e. The summed E-state index contributed by atoms with van der Waals surface area (Å²) >= 11 is 1.83. The van der Waals surface area contributed by atoms with Crippen molar-refractivity contribution in [2.75, 3.05) is 19.6 Å². The second-order valence-electron chi connectivity index (χ2n) is 8.47. The van der Waals surface area contributed by atoms with E-state index in [9.17, 15) is 9.59 Å². The van der Waals surface area contributed by atoms with Gasteiger partial charge in [0.05, 0.1) is 0 Å². The lowest BCUT2D eigenvalue weighted by Gasteiger charge is -2.27. The van der Waals surface area contributed by atoms with Crippen LogP contribution in [0.3, 0.4) is 0 Å². The molecule has 0 spiro atoms. The van der Waals surface area contributed by atoms with E-state index in [0.717, 1.165) is 42.5 Å². The van der Waals surface area contributed by atoms with Gasteiger partial charge in [-0.25, -0.2) is 0 Å². The number of rotatable bonds is 8. The largest absolute Gasteiger partial charge is 0.361 e. The molecule has 3 N–H and O–H groups in total. The molecule has 0 saturated carbocycles. The van der Waals surface area contributed by atoms with Gasteiger partial charge in [0, 0.05) is 60.5 Å². The molecule has 2 aromatic heterocycles. The van der Waals surface area contributed by atoms with Crippen molar-refractivity contribution in [1.29, 1.82) is 0 Å². The number of hydrogen-bond acceptors (Lipinski definition) is 4. The van der Waals surface area contributed by atoms with Gasteiger partial charge in [0.15, 0.2) is 0 Å². The van der Waals surface area contributed by atoms with E-state index in [-0.39, 0.29) is 17.7 Å². The lowest BCUT2D eigenvalue weighted by atomic mass is 10.0. The van der Waals surface area contributed by atoms with Gasteiger partial charge in [-0.3, -0.25) is 14.5 Å². The minimum atomic E-state index is -0.598. The molecule has 0 fully saturated rings. The normalized spacial score (nSPS) is 15.1. The Balaban J connectivity index is 1.37. The van der Waals surface area contributed by atoms with Crippen LogP contribution in [0.1, 0.15) is 29.9 Å². The molecule has 0 aliphatic carbocycles. The average molecular weight is 439 g/mol. The van der Waals surface area contributed by atoms with Crippen molar-refractivity contribution >= 4 is 34.1 Å². The number of carbonyl (C=O) groups excluding carboxylic acids is 2. The zero-order chi connectivity index (χ0) is 21.8. The topological polar surface area (TPSA) is 77.2 Å². The molecule has 3 heterocycles. The third kappa shape index (κ3) is 5.17. The van der Waals surface area contributed by atoms with E-state index >= 15 is 0 Å². The monoisotopic (exact) mass is 438 g/mol. The Kier molecular flexibility index (Phi) is 6.73. The predicted octanol–water partition coefficient (Wildman–Crippen LogP) is 3.09. The van der Waals surface area contributed by atoms with Crippen molar-refractivity contribution in [2.24, 2.45) is 5.92 Å². The van der Waals surface area contributed by atoms with Crippen molar-refractivity contribution in [1.82, 2.24) is 20.5 Å². The number of nitrogens with one attached hydrogen (secondary N) is 3. The van der Waals surface area contributed by atoms with Crippen LogP contribution >= 0.6 is 11.3 Å². The smallest absolute Gasteiger partial charge is 0.242 e. The Morgan fingerprint density at radius 2 is 2.03 bits per heavy atom. The van der Waals surface area contributed by atoms with Crippen molar-refractivity contribution in [3.63, 3.8) is 0 Å². The number of thiophene rings is 1. The Bertz CT molecular complexity index is 1050. The zero-order valence-corrected chi connectivity index (χ0v) is 18.9. The molecule has 1 aliphatic heterocycles. The number of fused-ring (bicyclic) bond motifs is 2. The first-order chi connectivity index (χ1) is 15.0. The molecule has 1 aliphatic rings. The van der Waals surface area contributed by atoms with E-state index in [0.29, 0.717) is 13.0 Å². The number of hydrogen-bond donors (Lipinski definition) is 3. The van der Waals surface area contributed by atoms with Crippen LogP contribution in [0.15, 0.2) is 41.9 Å². The van der Waals surface area contributed by atoms with Crippen molar-refractivity contribution in [3.8, 4) is 0 Å². The van der Waals surface area contributed by atoms with Gasteiger partial charge in [-0.05, 0) is 35.1 Å². The Morgan fingerprint density at radius 3 is 2.87 bits per heavy atom. The number of carbonyl (C=O) groups is 2. The van der Waals surface area contributed by atoms with Gasteiger partial charge < -0.3 is 15.6 Å². The molecular weight excluding hydrogens is 408 g/mol. The van der Waals surface area contributed by atoms with Crippen LogP contribution < -0.4 is 10.6 Å². The van der Waals surface area contributed by atoms with Gasteiger partial charge in [0.2, 0.25) is 11.8 Å². The quantitative estimate of drug-likeness (QED) is 0.506. The molecule has 31 heavy (non-hydrogen) atoms. The molecule has 1 aromatic carbocycles. The van der Waals surface area contributed by atoms with E-state index in [4.69, 9.17) is 0 Å².